The first-order valence-corrected chi connectivity index (χ1v) is 11.2. The van der Waals surface area contributed by atoms with E-state index in [0.717, 1.165) is 37.7 Å². The van der Waals surface area contributed by atoms with Crippen LogP contribution in [0.5, 0.6) is 0 Å². The van der Waals surface area contributed by atoms with Crippen LogP contribution in [0.4, 0.5) is 0 Å². The topological polar surface area (TPSA) is 66.4 Å². The predicted molar refractivity (Wildman–Crippen MR) is 116 cm³/mol. The number of Topliss-reactive ketones (excluding diaryl/α,β-unsaturated/α-hetero) is 1. The van der Waals surface area contributed by atoms with Crippen LogP contribution in [0.25, 0.3) is 0 Å². The molecule has 5 heteroatoms. The molecule has 0 aliphatic heterocycles. The van der Waals surface area contributed by atoms with Crippen molar-refractivity contribution in [2.75, 3.05) is 0 Å². The van der Waals surface area contributed by atoms with E-state index in [1.54, 1.807) is 18.2 Å². The first-order valence-electron chi connectivity index (χ1n) is 10.8. The molecule has 2 aromatic carbocycles. The Labute approximate surface area is 181 Å². The molecule has 2 unspecified atom stereocenters. The number of carbonyl (C=O) groups is 2. The lowest BCUT2D eigenvalue weighted by molar-refractivity contribution is -0.136. The largest absolute Gasteiger partial charge is 0.390 e. The van der Waals surface area contributed by atoms with Crippen molar-refractivity contribution >= 4 is 23.3 Å². The van der Waals surface area contributed by atoms with E-state index in [-0.39, 0.29) is 17.7 Å². The van der Waals surface area contributed by atoms with Gasteiger partial charge in [0.05, 0.1) is 16.2 Å². The summed E-state index contributed by atoms with van der Waals surface area (Å²) >= 11 is 6.41. The van der Waals surface area contributed by atoms with Gasteiger partial charge in [-0.1, -0.05) is 48.0 Å². The molecule has 0 radical (unpaired) electrons. The van der Waals surface area contributed by atoms with Gasteiger partial charge in [-0.15, -0.1) is 0 Å². The normalized spacial score (nSPS) is 31.5. The van der Waals surface area contributed by atoms with E-state index in [4.69, 9.17) is 11.6 Å². The average Bonchev–Trinajstić information content (AvgIpc) is 2.70. The average molecular weight is 424 g/mol. The molecule has 0 saturated heterocycles. The van der Waals surface area contributed by atoms with Gasteiger partial charge in [0.25, 0.3) is 5.91 Å². The number of halogens is 1. The highest BCUT2D eigenvalue weighted by molar-refractivity contribution is 6.34. The summed E-state index contributed by atoms with van der Waals surface area (Å²) in [5.74, 6) is 1.07. The van der Waals surface area contributed by atoms with Crippen LogP contribution >= 0.6 is 11.6 Å². The Morgan fingerprint density at radius 1 is 1.03 bits per heavy atom. The zero-order valence-corrected chi connectivity index (χ0v) is 17.6. The van der Waals surface area contributed by atoms with Gasteiger partial charge in [0.15, 0.2) is 5.78 Å². The lowest BCUT2D eigenvalue weighted by Crippen LogP contribution is -2.61. The minimum absolute atomic E-state index is 0.0238. The summed E-state index contributed by atoms with van der Waals surface area (Å²) in [5, 5.41) is 14.2. The number of hydrogen-bond acceptors (Lipinski definition) is 3. The Morgan fingerprint density at radius 2 is 1.73 bits per heavy atom. The molecule has 30 heavy (non-hydrogen) atoms. The number of nitrogens with one attached hydrogen (secondary N) is 1. The van der Waals surface area contributed by atoms with Crippen LogP contribution in [0.3, 0.4) is 0 Å². The van der Waals surface area contributed by atoms with Gasteiger partial charge in [0, 0.05) is 18.0 Å². The van der Waals surface area contributed by atoms with E-state index < -0.39 is 5.60 Å². The number of hydrogen-bond donors (Lipinski definition) is 2. The predicted octanol–water partition coefficient (Wildman–Crippen LogP) is 4.43. The molecule has 0 aromatic heterocycles. The Bertz CT molecular complexity index is 973. The maximum absolute atomic E-state index is 13.0. The maximum atomic E-state index is 13.0. The van der Waals surface area contributed by atoms with Crippen LogP contribution in [0, 0.1) is 17.8 Å². The van der Waals surface area contributed by atoms with Gasteiger partial charge in [-0.05, 0) is 67.6 Å². The zero-order chi connectivity index (χ0) is 20.9. The van der Waals surface area contributed by atoms with E-state index in [2.05, 4.69) is 5.32 Å². The minimum Gasteiger partial charge on any atom is -0.390 e. The Kier molecular flexibility index (Phi) is 4.95. The lowest BCUT2D eigenvalue weighted by atomic mass is 9.52. The van der Waals surface area contributed by atoms with Crippen molar-refractivity contribution < 1.29 is 14.7 Å². The summed E-state index contributed by atoms with van der Waals surface area (Å²) < 4.78 is 0. The van der Waals surface area contributed by atoms with Crippen molar-refractivity contribution in [2.45, 2.75) is 50.2 Å². The molecule has 2 atom stereocenters. The third-order valence-electron chi connectivity index (χ3n) is 7.28. The Morgan fingerprint density at radius 3 is 2.37 bits per heavy atom. The molecular formula is C25H26ClNO3. The second-order valence-electron chi connectivity index (χ2n) is 9.47. The second-order valence-corrected chi connectivity index (χ2v) is 9.88. The summed E-state index contributed by atoms with van der Waals surface area (Å²) in [4.78, 5) is 25.5. The molecule has 4 fully saturated rings. The molecule has 4 bridgehead atoms. The fourth-order valence-corrected chi connectivity index (χ4v) is 6.47. The van der Waals surface area contributed by atoms with Crippen LogP contribution < -0.4 is 5.32 Å². The summed E-state index contributed by atoms with van der Waals surface area (Å²) in [6.07, 6.45) is 4.97. The molecule has 4 nitrogen and oxygen atoms in total. The fraction of sp³-hybridized carbons (Fsp3) is 0.440. The molecule has 2 aromatic rings. The molecule has 6 rings (SSSR count). The molecule has 4 aliphatic rings. The Balaban J connectivity index is 1.28. The van der Waals surface area contributed by atoms with Crippen molar-refractivity contribution in [3.05, 3.63) is 70.2 Å². The molecule has 2 N–H and O–H groups in total. The van der Waals surface area contributed by atoms with E-state index in [9.17, 15) is 14.7 Å². The van der Waals surface area contributed by atoms with Crippen LogP contribution in [0.2, 0.25) is 5.02 Å². The number of ketones is 1. The van der Waals surface area contributed by atoms with Crippen molar-refractivity contribution in [2.24, 2.45) is 17.8 Å². The van der Waals surface area contributed by atoms with Crippen LogP contribution in [0.1, 0.15) is 58.4 Å². The maximum Gasteiger partial charge on any atom is 0.253 e. The molecule has 4 saturated carbocycles. The highest BCUT2D eigenvalue weighted by Gasteiger charge is 2.55. The van der Waals surface area contributed by atoms with Crippen molar-refractivity contribution in [1.82, 2.24) is 5.32 Å². The summed E-state index contributed by atoms with van der Waals surface area (Å²) in [6.45, 7) is 0. The molecular weight excluding hydrogens is 398 g/mol. The third-order valence-corrected chi connectivity index (χ3v) is 7.59. The molecule has 156 valence electrons. The van der Waals surface area contributed by atoms with Crippen LogP contribution in [-0.2, 0) is 6.42 Å². The van der Waals surface area contributed by atoms with E-state index in [1.165, 1.54) is 0 Å². The van der Waals surface area contributed by atoms with Gasteiger partial charge < -0.3 is 10.4 Å². The zero-order valence-electron chi connectivity index (χ0n) is 16.8. The SMILES string of the molecule is O=C(Cc1ccccc1)c1ccc(C(=O)NC2C3CC4CC2CC(O)(C4)C3)c(Cl)c1. The highest BCUT2D eigenvalue weighted by Crippen LogP contribution is 2.55. The van der Waals surface area contributed by atoms with Gasteiger partial charge >= 0.3 is 0 Å². The smallest absolute Gasteiger partial charge is 0.253 e. The van der Waals surface area contributed by atoms with Gasteiger partial charge in [-0.3, -0.25) is 9.59 Å². The third kappa shape index (κ3) is 3.67. The summed E-state index contributed by atoms with van der Waals surface area (Å²) in [7, 11) is 0. The standard InChI is InChI=1S/C25H26ClNO3/c26-21-11-17(22(28)10-15-4-2-1-3-5-15)6-7-20(21)24(29)27-23-18-8-16-9-19(23)14-25(30,12-16)13-18/h1-7,11,16,18-19,23,30H,8-10,12-14H2,(H,27,29). The number of benzene rings is 2. The summed E-state index contributed by atoms with van der Waals surface area (Å²) in [5.41, 5.74) is 1.34. The van der Waals surface area contributed by atoms with E-state index >= 15 is 0 Å². The van der Waals surface area contributed by atoms with Crippen LogP contribution in [-0.4, -0.2) is 28.4 Å². The highest BCUT2D eigenvalue weighted by atomic mass is 35.5. The molecule has 0 heterocycles. The molecule has 1 amide bonds. The lowest BCUT2D eigenvalue weighted by Gasteiger charge is -2.58. The van der Waals surface area contributed by atoms with Gasteiger partial charge in [0.2, 0.25) is 0 Å². The number of amides is 1. The van der Waals surface area contributed by atoms with E-state index in [1.807, 2.05) is 30.3 Å². The van der Waals surface area contributed by atoms with Crippen molar-refractivity contribution in [3.63, 3.8) is 0 Å². The Hall–Kier alpha value is -2.17. The second kappa shape index (κ2) is 7.51. The number of aliphatic hydroxyl groups is 1. The minimum atomic E-state index is -0.518. The van der Waals surface area contributed by atoms with Crippen LogP contribution in [0.15, 0.2) is 48.5 Å². The van der Waals surface area contributed by atoms with Gasteiger partial charge in [0.1, 0.15) is 0 Å². The summed E-state index contributed by atoms with van der Waals surface area (Å²) in [6, 6.07) is 14.6. The molecule has 0 spiro atoms. The van der Waals surface area contributed by atoms with Crippen molar-refractivity contribution in [3.8, 4) is 0 Å². The monoisotopic (exact) mass is 423 g/mol. The first-order chi connectivity index (χ1) is 14.4. The quantitative estimate of drug-likeness (QED) is 0.699. The first kappa shape index (κ1) is 19.8. The molecule has 4 aliphatic carbocycles. The number of rotatable bonds is 5. The van der Waals surface area contributed by atoms with Crippen molar-refractivity contribution in [1.29, 1.82) is 0 Å². The fourth-order valence-electron chi connectivity index (χ4n) is 6.20. The number of carbonyl (C=O) groups excluding carboxylic acids is 2. The van der Waals surface area contributed by atoms with E-state index in [0.29, 0.717) is 40.3 Å². The van der Waals surface area contributed by atoms with Gasteiger partial charge in [-0.25, -0.2) is 0 Å². The van der Waals surface area contributed by atoms with Gasteiger partial charge in [-0.2, -0.15) is 0 Å².